The van der Waals surface area contributed by atoms with Gasteiger partial charge in [-0.3, -0.25) is 0 Å². The second-order valence-electron chi connectivity index (χ2n) is 14.8. The molecule has 0 spiro atoms. The Kier molecular flexibility index (Phi) is 7.16. The molecule has 3 heterocycles. The van der Waals surface area contributed by atoms with Gasteiger partial charge >= 0.3 is 0 Å². The number of nitrogens with zero attached hydrogens (tertiary/aromatic N) is 4. The van der Waals surface area contributed by atoms with Crippen molar-refractivity contribution in [1.82, 2.24) is 19.5 Å². The molecule has 0 unspecified atom stereocenters. The fourth-order valence-electron chi connectivity index (χ4n) is 8.69. The smallest absolute Gasteiger partial charge is 0.164 e. The highest BCUT2D eigenvalue weighted by atomic mass is 16.3. The minimum absolute atomic E-state index is 0.583. The van der Waals surface area contributed by atoms with Crippen LogP contribution in [-0.4, -0.2) is 19.5 Å². The average molecular weight is 741 g/mol. The zero-order valence-corrected chi connectivity index (χ0v) is 31.2. The molecule has 5 nitrogen and oxygen atoms in total. The first-order valence-electron chi connectivity index (χ1n) is 19.5. The largest absolute Gasteiger partial charge is 0.456 e. The molecule has 0 aliphatic carbocycles. The van der Waals surface area contributed by atoms with E-state index in [1.807, 2.05) is 0 Å². The third-order valence-corrected chi connectivity index (χ3v) is 11.4. The van der Waals surface area contributed by atoms with Crippen molar-refractivity contribution in [3.8, 4) is 51.0 Å². The van der Waals surface area contributed by atoms with Crippen molar-refractivity contribution in [3.05, 3.63) is 194 Å². The van der Waals surface area contributed by atoms with Gasteiger partial charge in [0, 0.05) is 32.8 Å². The molecule has 0 N–H and O–H groups in total. The summed E-state index contributed by atoms with van der Waals surface area (Å²) >= 11 is 0. The van der Waals surface area contributed by atoms with Gasteiger partial charge in [0.15, 0.2) is 17.5 Å². The number of furan rings is 1. The monoisotopic (exact) mass is 740 g/mol. The lowest BCUT2D eigenvalue weighted by molar-refractivity contribution is 0.669. The average Bonchev–Trinajstić information content (AvgIpc) is 3.84. The highest BCUT2D eigenvalue weighted by Gasteiger charge is 2.21. The van der Waals surface area contributed by atoms with Crippen LogP contribution in [0.1, 0.15) is 0 Å². The van der Waals surface area contributed by atoms with Crippen LogP contribution in [0.4, 0.5) is 0 Å². The predicted octanol–water partition coefficient (Wildman–Crippen LogP) is 13.8. The second-order valence-corrected chi connectivity index (χ2v) is 14.8. The van der Waals surface area contributed by atoms with Crippen LogP contribution in [0.3, 0.4) is 0 Å². The van der Waals surface area contributed by atoms with Gasteiger partial charge in [0.2, 0.25) is 0 Å². The van der Waals surface area contributed by atoms with Crippen LogP contribution in [0.5, 0.6) is 0 Å². The third-order valence-electron chi connectivity index (χ3n) is 11.4. The summed E-state index contributed by atoms with van der Waals surface area (Å²) in [6, 6.07) is 68.1. The molecule has 9 aromatic carbocycles. The maximum atomic E-state index is 6.71. The molecule has 0 bridgehead atoms. The number of hydrogen-bond acceptors (Lipinski definition) is 4. The molecule has 0 aliphatic heterocycles. The Morgan fingerprint density at radius 2 is 0.914 bits per heavy atom. The summed E-state index contributed by atoms with van der Waals surface area (Å²) in [6.45, 7) is 0. The van der Waals surface area contributed by atoms with Gasteiger partial charge in [0.1, 0.15) is 11.2 Å². The summed E-state index contributed by atoms with van der Waals surface area (Å²) in [5.41, 5.74) is 10.1. The lowest BCUT2D eigenvalue weighted by Crippen LogP contribution is -2.00. The molecular formula is C53H32N4O. The molecule has 0 atom stereocenters. The Morgan fingerprint density at radius 1 is 0.345 bits per heavy atom. The Morgan fingerprint density at radius 3 is 1.62 bits per heavy atom. The van der Waals surface area contributed by atoms with Crippen molar-refractivity contribution >= 4 is 65.3 Å². The van der Waals surface area contributed by atoms with Crippen LogP contribution in [0, 0.1) is 0 Å². The van der Waals surface area contributed by atoms with E-state index in [1.54, 1.807) is 0 Å². The molecule has 0 radical (unpaired) electrons. The summed E-state index contributed by atoms with van der Waals surface area (Å²) in [5.74, 6) is 1.82. The Balaban J connectivity index is 1.05. The molecule has 12 aromatic rings. The van der Waals surface area contributed by atoms with E-state index in [4.69, 9.17) is 19.4 Å². The molecule has 270 valence electrons. The predicted molar refractivity (Wildman–Crippen MR) is 238 cm³/mol. The highest BCUT2D eigenvalue weighted by Crippen LogP contribution is 2.42. The number of rotatable bonds is 5. The Labute approximate surface area is 333 Å². The van der Waals surface area contributed by atoms with Crippen LogP contribution >= 0.6 is 0 Å². The van der Waals surface area contributed by atoms with Crippen LogP contribution in [-0.2, 0) is 0 Å². The lowest BCUT2D eigenvalue weighted by Gasteiger charge is -2.11. The third kappa shape index (κ3) is 5.14. The van der Waals surface area contributed by atoms with E-state index in [-0.39, 0.29) is 0 Å². The number of fused-ring (bicyclic) bond motifs is 8. The lowest BCUT2D eigenvalue weighted by atomic mass is 9.99. The molecular weight excluding hydrogens is 709 g/mol. The zero-order chi connectivity index (χ0) is 38.2. The van der Waals surface area contributed by atoms with Crippen molar-refractivity contribution < 1.29 is 4.42 Å². The first-order valence-corrected chi connectivity index (χ1v) is 19.5. The molecule has 12 rings (SSSR count). The molecule has 0 saturated carbocycles. The normalized spacial score (nSPS) is 11.8. The van der Waals surface area contributed by atoms with Gasteiger partial charge in [-0.25, -0.2) is 15.0 Å². The van der Waals surface area contributed by atoms with E-state index in [0.29, 0.717) is 17.5 Å². The highest BCUT2D eigenvalue weighted by molar-refractivity contribution is 6.18. The molecule has 58 heavy (non-hydrogen) atoms. The minimum Gasteiger partial charge on any atom is -0.456 e. The fraction of sp³-hybridized carbons (Fsp3) is 0. The number of para-hydroxylation sites is 1. The number of aromatic nitrogens is 4. The van der Waals surface area contributed by atoms with Gasteiger partial charge in [-0.1, -0.05) is 146 Å². The Hall–Kier alpha value is -7.89. The summed E-state index contributed by atoms with van der Waals surface area (Å²) < 4.78 is 9.10. The van der Waals surface area contributed by atoms with Crippen LogP contribution in [0.25, 0.3) is 116 Å². The van der Waals surface area contributed by atoms with Crippen LogP contribution in [0.15, 0.2) is 199 Å². The SMILES string of the molecule is c1ccc(-c2cccc3c2c2ccccc2n3-c2cccc3oc4cc(-c5nc(-c6ccc7ccccc7c6)nc(-c6ccc7ccccc7c6)n5)ccc4c23)cc1. The molecule has 0 amide bonds. The van der Waals surface area contributed by atoms with Crippen molar-refractivity contribution in [2.24, 2.45) is 0 Å². The van der Waals surface area contributed by atoms with Crippen molar-refractivity contribution in [3.63, 3.8) is 0 Å². The van der Waals surface area contributed by atoms with E-state index < -0.39 is 0 Å². The van der Waals surface area contributed by atoms with Gasteiger partial charge < -0.3 is 8.98 Å². The summed E-state index contributed by atoms with van der Waals surface area (Å²) in [5, 5.41) is 9.13. The van der Waals surface area contributed by atoms with Crippen molar-refractivity contribution in [2.45, 2.75) is 0 Å². The van der Waals surface area contributed by atoms with E-state index in [2.05, 4.69) is 199 Å². The standard InChI is InChI=1S/C53H32N4O/c1-2-14-35(15-3-1)41-19-10-21-45-49(41)42-18-8-9-20-44(42)57(45)46-22-11-23-47-50(46)43-29-28-40(32-48(43)58-47)53-55-51(38-26-24-33-12-4-6-16-36(33)30-38)54-52(56-53)39-27-25-34-13-5-7-17-37(34)31-39/h1-32H. The van der Waals surface area contributed by atoms with Gasteiger partial charge in [-0.15, -0.1) is 0 Å². The fourth-order valence-corrected chi connectivity index (χ4v) is 8.69. The van der Waals surface area contributed by atoms with Gasteiger partial charge in [-0.2, -0.15) is 0 Å². The maximum Gasteiger partial charge on any atom is 0.164 e. The summed E-state index contributed by atoms with van der Waals surface area (Å²) in [7, 11) is 0. The first kappa shape index (κ1) is 32.4. The molecule has 3 aromatic heterocycles. The molecule has 5 heteroatoms. The second kappa shape index (κ2) is 12.8. The van der Waals surface area contributed by atoms with E-state index in [0.717, 1.165) is 66.1 Å². The topological polar surface area (TPSA) is 56.7 Å². The van der Waals surface area contributed by atoms with E-state index in [9.17, 15) is 0 Å². The maximum absolute atomic E-state index is 6.71. The van der Waals surface area contributed by atoms with Crippen LogP contribution in [0.2, 0.25) is 0 Å². The first-order chi connectivity index (χ1) is 28.7. The minimum atomic E-state index is 0.583. The molecule has 0 saturated heterocycles. The zero-order valence-electron chi connectivity index (χ0n) is 31.2. The Bertz CT molecular complexity index is 3480. The quantitative estimate of drug-likeness (QED) is 0.176. The van der Waals surface area contributed by atoms with Crippen LogP contribution < -0.4 is 0 Å². The summed E-state index contributed by atoms with van der Waals surface area (Å²) in [6.07, 6.45) is 0. The van der Waals surface area contributed by atoms with Gasteiger partial charge in [0.25, 0.3) is 0 Å². The molecule has 0 fully saturated rings. The number of hydrogen-bond donors (Lipinski definition) is 0. The van der Waals surface area contributed by atoms with E-state index in [1.165, 1.54) is 32.7 Å². The van der Waals surface area contributed by atoms with E-state index >= 15 is 0 Å². The van der Waals surface area contributed by atoms with Gasteiger partial charge in [0.05, 0.1) is 22.1 Å². The molecule has 0 aliphatic rings. The van der Waals surface area contributed by atoms with Crippen molar-refractivity contribution in [1.29, 1.82) is 0 Å². The van der Waals surface area contributed by atoms with Crippen molar-refractivity contribution in [2.75, 3.05) is 0 Å². The summed E-state index contributed by atoms with van der Waals surface area (Å²) in [4.78, 5) is 15.3. The van der Waals surface area contributed by atoms with Gasteiger partial charge in [-0.05, 0) is 81.2 Å². The number of benzene rings is 9.